The Bertz CT molecular complexity index is 1290. The Hall–Kier alpha value is -4.24. The van der Waals surface area contributed by atoms with E-state index in [-0.39, 0.29) is 11.7 Å². The number of halogens is 1. The van der Waals surface area contributed by atoms with Crippen molar-refractivity contribution in [2.45, 2.75) is 0 Å². The van der Waals surface area contributed by atoms with E-state index >= 15 is 0 Å². The van der Waals surface area contributed by atoms with Gasteiger partial charge >= 0.3 is 0 Å². The molecule has 9 heteroatoms. The second-order valence-corrected chi connectivity index (χ2v) is 8.45. The van der Waals surface area contributed by atoms with Gasteiger partial charge in [-0.1, -0.05) is 15.9 Å². The number of anilines is 2. The second-order valence-electron chi connectivity index (χ2n) is 7.53. The molecular formula is C28H27BrN2O6. The molecule has 2 N–H and O–H groups in total. The number of ether oxygens (including phenoxy) is 4. The maximum Gasteiger partial charge on any atom is 0.248 e. The van der Waals surface area contributed by atoms with E-state index < -0.39 is 0 Å². The second kappa shape index (κ2) is 13.2. The van der Waals surface area contributed by atoms with Crippen molar-refractivity contribution in [1.29, 1.82) is 0 Å². The van der Waals surface area contributed by atoms with E-state index in [0.717, 1.165) is 4.47 Å². The van der Waals surface area contributed by atoms with Gasteiger partial charge in [0.2, 0.25) is 5.91 Å². The number of nitrogens with one attached hydrogen (secondary N) is 2. The fraction of sp³-hybridized carbons (Fsp3) is 0.143. The number of hydrogen-bond donors (Lipinski definition) is 2. The summed E-state index contributed by atoms with van der Waals surface area (Å²) in [4.78, 5) is 25.0. The molecule has 0 aliphatic rings. The van der Waals surface area contributed by atoms with E-state index in [1.165, 1.54) is 39.7 Å². The number of amides is 1. The smallest absolute Gasteiger partial charge is 0.248 e. The molecule has 0 aromatic heterocycles. The van der Waals surface area contributed by atoms with E-state index in [4.69, 9.17) is 18.9 Å². The predicted octanol–water partition coefficient (Wildman–Crippen LogP) is 5.94. The minimum atomic E-state index is -0.364. The summed E-state index contributed by atoms with van der Waals surface area (Å²) in [5.41, 5.74) is 2.26. The first-order valence-corrected chi connectivity index (χ1v) is 11.9. The van der Waals surface area contributed by atoms with Crippen LogP contribution in [0.1, 0.15) is 15.9 Å². The van der Waals surface area contributed by atoms with E-state index in [1.807, 2.05) is 0 Å². The summed E-state index contributed by atoms with van der Waals surface area (Å²) < 4.78 is 22.4. The van der Waals surface area contributed by atoms with Gasteiger partial charge in [0.1, 0.15) is 23.0 Å². The Morgan fingerprint density at radius 2 is 1.43 bits per heavy atom. The van der Waals surface area contributed by atoms with Crippen LogP contribution in [0.3, 0.4) is 0 Å². The zero-order valence-electron chi connectivity index (χ0n) is 20.8. The molecule has 37 heavy (non-hydrogen) atoms. The van der Waals surface area contributed by atoms with Crippen molar-refractivity contribution in [1.82, 2.24) is 0 Å². The van der Waals surface area contributed by atoms with Gasteiger partial charge in [-0.25, -0.2) is 0 Å². The lowest BCUT2D eigenvalue weighted by Crippen LogP contribution is -2.08. The van der Waals surface area contributed by atoms with Crippen LogP contribution in [0, 0.1) is 0 Å². The molecule has 0 bridgehead atoms. The van der Waals surface area contributed by atoms with Crippen LogP contribution in [0.5, 0.6) is 23.0 Å². The highest BCUT2D eigenvalue weighted by Gasteiger charge is 2.12. The van der Waals surface area contributed by atoms with Crippen LogP contribution in [0.25, 0.3) is 6.08 Å². The first kappa shape index (κ1) is 27.3. The number of ketones is 1. The quantitative estimate of drug-likeness (QED) is 0.219. The SMILES string of the molecule is COc1cc(OC)c(/C=C/C(=O)Nc2ccc(OC)c(N/C=C\C(=O)c3ccc(Br)cc3)c2)c(OC)c1. The van der Waals surface area contributed by atoms with E-state index in [9.17, 15) is 9.59 Å². The maximum atomic E-state index is 12.6. The molecule has 3 rings (SSSR count). The van der Waals surface area contributed by atoms with Crippen LogP contribution in [0.4, 0.5) is 11.4 Å². The van der Waals surface area contributed by atoms with Gasteiger partial charge in [0.05, 0.1) is 39.7 Å². The zero-order chi connectivity index (χ0) is 26.8. The first-order chi connectivity index (χ1) is 17.9. The van der Waals surface area contributed by atoms with Crippen LogP contribution < -0.4 is 29.6 Å². The van der Waals surface area contributed by atoms with Crippen molar-refractivity contribution in [2.75, 3.05) is 39.1 Å². The van der Waals surface area contributed by atoms with Crippen LogP contribution in [-0.2, 0) is 4.79 Å². The molecule has 0 atom stereocenters. The summed E-state index contributed by atoms with van der Waals surface area (Å²) in [7, 11) is 6.13. The van der Waals surface area contributed by atoms with Crippen molar-refractivity contribution in [3.05, 3.63) is 88.5 Å². The molecule has 0 saturated heterocycles. The predicted molar refractivity (Wildman–Crippen MR) is 148 cm³/mol. The fourth-order valence-corrected chi connectivity index (χ4v) is 3.62. The Labute approximate surface area is 224 Å². The molecule has 0 spiro atoms. The third kappa shape index (κ3) is 7.37. The average Bonchev–Trinajstić information content (AvgIpc) is 2.91. The summed E-state index contributed by atoms with van der Waals surface area (Å²) >= 11 is 3.35. The lowest BCUT2D eigenvalue weighted by Gasteiger charge is -2.13. The molecule has 0 fully saturated rings. The summed E-state index contributed by atoms with van der Waals surface area (Å²) in [6.45, 7) is 0. The topological polar surface area (TPSA) is 95.1 Å². The molecule has 0 radical (unpaired) electrons. The van der Waals surface area contributed by atoms with Gasteiger partial charge in [0, 0.05) is 46.2 Å². The summed E-state index contributed by atoms with van der Waals surface area (Å²) in [6.07, 6.45) is 5.93. The number of hydrogen-bond acceptors (Lipinski definition) is 7. The number of allylic oxidation sites excluding steroid dienone is 1. The number of benzene rings is 3. The maximum absolute atomic E-state index is 12.6. The third-order valence-electron chi connectivity index (χ3n) is 5.22. The number of methoxy groups -OCH3 is 4. The standard InChI is InChI=1S/C28H27BrN2O6/c1-34-21-16-26(36-3)22(27(17-21)37-4)10-12-28(33)31-20-9-11-25(35-2)23(15-20)30-14-13-24(32)18-5-7-19(29)8-6-18/h5-17,30H,1-4H3,(H,31,33)/b12-10+,14-13-. The van der Waals surface area contributed by atoms with E-state index in [0.29, 0.717) is 45.5 Å². The van der Waals surface area contributed by atoms with Crippen LogP contribution >= 0.6 is 15.9 Å². The number of carbonyl (C=O) groups excluding carboxylic acids is 2. The minimum Gasteiger partial charge on any atom is -0.496 e. The summed E-state index contributed by atoms with van der Waals surface area (Å²) in [6, 6.07) is 15.6. The molecule has 3 aromatic carbocycles. The Morgan fingerprint density at radius 1 is 0.784 bits per heavy atom. The fourth-order valence-electron chi connectivity index (χ4n) is 3.36. The summed E-state index contributed by atoms with van der Waals surface area (Å²) in [5.74, 6) is 1.60. The van der Waals surface area contributed by atoms with E-state index in [2.05, 4.69) is 26.6 Å². The molecule has 0 unspecified atom stereocenters. The van der Waals surface area contributed by atoms with E-state index in [1.54, 1.807) is 67.8 Å². The summed E-state index contributed by atoms with van der Waals surface area (Å²) in [5, 5.41) is 5.85. The molecule has 0 aliphatic carbocycles. The Morgan fingerprint density at radius 3 is 2.03 bits per heavy atom. The molecule has 192 valence electrons. The van der Waals surface area contributed by atoms with Gasteiger partial charge in [-0.3, -0.25) is 9.59 Å². The molecule has 0 heterocycles. The molecule has 8 nitrogen and oxygen atoms in total. The van der Waals surface area contributed by atoms with Gasteiger partial charge in [-0.15, -0.1) is 0 Å². The highest BCUT2D eigenvalue weighted by atomic mass is 79.9. The number of rotatable bonds is 11. The lowest BCUT2D eigenvalue weighted by atomic mass is 10.1. The van der Waals surface area contributed by atoms with Gasteiger partial charge < -0.3 is 29.6 Å². The van der Waals surface area contributed by atoms with Crippen molar-refractivity contribution in [3.8, 4) is 23.0 Å². The van der Waals surface area contributed by atoms with Gasteiger partial charge in [-0.2, -0.15) is 0 Å². The van der Waals surface area contributed by atoms with Gasteiger partial charge in [0.25, 0.3) is 0 Å². The molecule has 0 saturated carbocycles. The normalized spacial score (nSPS) is 10.8. The molecular weight excluding hydrogens is 540 g/mol. The van der Waals surface area contributed by atoms with Crippen molar-refractivity contribution in [3.63, 3.8) is 0 Å². The largest absolute Gasteiger partial charge is 0.496 e. The monoisotopic (exact) mass is 566 g/mol. The molecule has 0 aliphatic heterocycles. The lowest BCUT2D eigenvalue weighted by molar-refractivity contribution is -0.111. The zero-order valence-corrected chi connectivity index (χ0v) is 22.4. The first-order valence-electron chi connectivity index (χ1n) is 11.1. The van der Waals surface area contributed by atoms with Crippen LogP contribution in [-0.4, -0.2) is 40.1 Å². The minimum absolute atomic E-state index is 0.155. The Kier molecular flexibility index (Phi) is 9.74. The Balaban J connectivity index is 1.72. The highest BCUT2D eigenvalue weighted by Crippen LogP contribution is 2.35. The van der Waals surface area contributed by atoms with Crippen molar-refractivity contribution in [2.24, 2.45) is 0 Å². The van der Waals surface area contributed by atoms with Gasteiger partial charge in [0.15, 0.2) is 5.78 Å². The van der Waals surface area contributed by atoms with Crippen LogP contribution in [0.15, 0.2) is 77.4 Å². The third-order valence-corrected chi connectivity index (χ3v) is 5.75. The average molecular weight is 567 g/mol. The molecule has 1 amide bonds. The van der Waals surface area contributed by atoms with Crippen LogP contribution in [0.2, 0.25) is 0 Å². The molecule has 3 aromatic rings. The van der Waals surface area contributed by atoms with Gasteiger partial charge in [-0.05, 0) is 48.5 Å². The van der Waals surface area contributed by atoms with Crippen molar-refractivity contribution < 1.29 is 28.5 Å². The number of carbonyl (C=O) groups is 2. The van der Waals surface area contributed by atoms with Crippen molar-refractivity contribution >= 4 is 45.1 Å². The highest BCUT2D eigenvalue weighted by molar-refractivity contribution is 9.10.